The Morgan fingerprint density at radius 2 is 2.04 bits per heavy atom. The van der Waals surface area contributed by atoms with Crippen molar-refractivity contribution in [2.45, 2.75) is 0 Å². The van der Waals surface area contributed by atoms with E-state index in [0.717, 1.165) is 12.2 Å². The Kier molecular flexibility index (Phi) is 9.89. The van der Waals surface area contributed by atoms with Crippen LogP contribution in [0.5, 0.6) is 0 Å². The molecule has 0 atom stereocenters. The first-order valence-electron chi connectivity index (χ1n) is 6.74. The van der Waals surface area contributed by atoms with Crippen LogP contribution in [0.15, 0.2) is 42.9 Å². The summed E-state index contributed by atoms with van der Waals surface area (Å²) in [5.41, 5.74) is 1.45. The Bertz CT molecular complexity index is 597. The molecular formula is C15H21Cl2N5O. The summed E-state index contributed by atoms with van der Waals surface area (Å²) in [5.74, 6) is 0.638. The van der Waals surface area contributed by atoms with E-state index >= 15 is 0 Å². The van der Waals surface area contributed by atoms with Crippen molar-refractivity contribution in [1.29, 1.82) is 0 Å². The maximum absolute atomic E-state index is 12.3. The lowest BCUT2D eigenvalue weighted by molar-refractivity contribution is 0.0797. The van der Waals surface area contributed by atoms with Gasteiger partial charge in [-0.15, -0.1) is 24.8 Å². The fourth-order valence-electron chi connectivity index (χ4n) is 1.84. The summed E-state index contributed by atoms with van der Waals surface area (Å²) < 4.78 is 0. The third-order valence-electron chi connectivity index (χ3n) is 2.99. The second-order valence-corrected chi connectivity index (χ2v) is 4.63. The molecule has 126 valence electrons. The minimum Gasteiger partial charge on any atom is -0.340 e. The molecule has 0 fully saturated rings. The number of halogens is 2. The molecule has 0 saturated heterocycles. The summed E-state index contributed by atoms with van der Waals surface area (Å²) in [6.07, 6.45) is 4.86. The first-order valence-corrected chi connectivity index (χ1v) is 6.74. The topological polar surface area (TPSA) is 70.2 Å². The summed E-state index contributed by atoms with van der Waals surface area (Å²) in [7, 11) is 3.66. The van der Waals surface area contributed by atoms with Gasteiger partial charge in [0.2, 0.25) is 0 Å². The molecule has 1 aromatic carbocycles. The van der Waals surface area contributed by atoms with Gasteiger partial charge in [0.05, 0.1) is 6.20 Å². The van der Waals surface area contributed by atoms with Gasteiger partial charge >= 0.3 is 0 Å². The number of benzene rings is 1. The van der Waals surface area contributed by atoms with Gasteiger partial charge < -0.3 is 15.5 Å². The van der Waals surface area contributed by atoms with Crippen LogP contribution in [0.2, 0.25) is 0 Å². The molecule has 0 aliphatic carbocycles. The smallest absolute Gasteiger partial charge is 0.253 e. The molecule has 2 rings (SSSR count). The lowest BCUT2D eigenvalue weighted by atomic mass is 10.1. The van der Waals surface area contributed by atoms with Crippen molar-refractivity contribution < 1.29 is 4.79 Å². The van der Waals surface area contributed by atoms with E-state index in [0.29, 0.717) is 17.9 Å². The number of carbonyl (C=O) groups is 1. The third-order valence-corrected chi connectivity index (χ3v) is 2.99. The molecule has 1 amide bonds. The number of nitrogens with zero attached hydrogens (tertiary/aromatic N) is 3. The van der Waals surface area contributed by atoms with Gasteiger partial charge in [-0.1, -0.05) is 6.07 Å². The van der Waals surface area contributed by atoms with Gasteiger partial charge in [0, 0.05) is 43.8 Å². The Labute approximate surface area is 148 Å². The monoisotopic (exact) mass is 357 g/mol. The highest BCUT2D eigenvalue weighted by molar-refractivity contribution is 5.95. The highest BCUT2D eigenvalue weighted by Gasteiger charge is 2.11. The highest BCUT2D eigenvalue weighted by atomic mass is 35.5. The van der Waals surface area contributed by atoms with Gasteiger partial charge in [0.25, 0.3) is 5.91 Å². The Hall–Kier alpha value is -1.89. The van der Waals surface area contributed by atoms with Crippen molar-refractivity contribution in [3.8, 4) is 0 Å². The van der Waals surface area contributed by atoms with Gasteiger partial charge in [0.1, 0.15) is 5.82 Å². The molecule has 23 heavy (non-hydrogen) atoms. The molecule has 2 aromatic rings. The molecule has 1 aromatic heterocycles. The van der Waals surface area contributed by atoms with Crippen LogP contribution in [0, 0.1) is 0 Å². The number of amides is 1. The molecule has 0 saturated carbocycles. The number of aromatic nitrogens is 2. The minimum absolute atomic E-state index is 0. The normalized spacial score (nSPS) is 9.30. The van der Waals surface area contributed by atoms with Crippen LogP contribution in [0.3, 0.4) is 0 Å². The second-order valence-electron chi connectivity index (χ2n) is 4.63. The van der Waals surface area contributed by atoms with E-state index in [-0.39, 0.29) is 30.7 Å². The van der Waals surface area contributed by atoms with Gasteiger partial charge in [-0.3, -0.25) is 9.78 Å². The Morgan fingerprint density at radius 3 is 2.70 bits per heavy atom. The fraction of sp³-hybridized carbons (Fsp3) is 0.267. The number of rotatable bonds is 6. The molecule has 0 bridgehead atoms. The van der Waals surface area contributed by atoms with Crippen LogP contribution in [0.1, 0.15) is 10.4 Å². The van der Waals surface area contributed by atoms with Gasteiger partial charge in [-0.05, 0) is 25.2 Å². The van der Waals surface area contributed by atoms with Gasteiger partial charge in [-0.2, -0.15) is 0 Å². The number of hydrogen-bond donors (Lipinski definition) is 2. The van der Waals surface area contributed by atoms with E-state index in [1.807, 2.05) is 25.2 Å². The maximum Gasteiger partial charge on any atom is 0.253 e. The van der Waals surface area contributed by atoms with Crippen LogP contribution in [-0.4, -0.2) is 48.0 Å². The lowest BCUT2D eigenvalue weighted by Crippen LogP contribution is -2.32. The van der Waals surface area contributed by atoms with Crippen LogP contribution in [0.25, 0.3) is 0 Å². The van der Waals surface area contributed by atoms with E-state index in [2.05, 4.69) is 20.6 Å². The highest BCUT2D eigenvalue weighted by Crippen LogP contribution is 2.16. The Morgan fingerprint density at radius 1 is 1.26 bits per heavy atom. The molecule has 8 heteroatoms. The number of carbonyl (C=O) groups excluding carboxylic acids is 1. The maximum atomic E-state index is 12.3. The van der Waals surface area contributed by atoms with Crippen molar-refractivity contribution in [3.05, 3.63) is 48.4 Å². The van der Waals surface area contributed by atoms with Gasteiger partial charge in [0.15, 0.2) is 0 Å². The minimum atomic E-state index is -0.00644. The molecule has 2 N–H and O–H groups in total. The number of likely N-dealkylation sites (N-methyl/N-ethyl adjacent to an activating group) is 2. The molecule has 0 spiro atoms. The summed E-state index contributed by atoms with van der Waals surface area (Å²) in [6, 6.07) is 7.35. The Balaban J connectivity index is 0.00000242. The molecule has 0 aliphatic heterocycles. The fourth-order valence-corrected chi connectivity index (χ4v) is 1.84. The zero-order valence-electron chi connectivity index (χ0n) is 13.0. The van der Waals surface area contributed by atoms with Crippen LogP contribution >= 0.6 is 24.8 Å². The quantitative estimate of drug-likeness (QED) is 0.830. The summed E-state index contributed by atoms with van der Waals surface area (Å²) in [5, 5.41) is 6.15. The van der Waals surface area contributed by atoms with Crippen molar-refractivity contribution in [2.24, 2.45) is 0 Å². The van der Waals surface area contributed by atoms with Crippen molar-refractivity contribution in [2.75, 3.05) is 32.5 Å². The van der Waals surface area contributed by atoms with E-state index in [9.17, 15) is 4.79 Å². The van der Waals surface area contributed by atoms with Gasteiger partial charge in [-0.25, -0.2) is 4.98 Å². The SMILES string of the molecule is CNCCN(C)C(=O)c1cccc(Nc2cnccn2)c1.Cl.Cl. The van der Waals surface area contributed by atoms with Crippen molar-refractivity contribution in [1.82, 2.24) is 20.2 Å². The standard InChI is InChI=1S/C15H19N5O.2ClH/c1-16-8-9-20(2)15(21)12-4-3-5-13(10-12)19-14-11-17-6-7-18-14;;/h3-7,10-11,16H,8-9H2,1-2H3,(H,18,19);2*1H. The van der Waals surface area contributed by atoms with E-state index in [1.165, 1.54) is 0 Å². The number of anilines is 2. The zero-order chi connectivity index (χ0) is 15.1. The summed E-state index contributed by atoms with van der Waals surface area (Å²) >= 11 is 0. The zero-order valence-corrected chi connectivity index (χ0v) is 14.7. The summed E-state index contributed by atoms with van der Waals surface area (Å²) in [6.45, 7) is 1.43. The predicted octanol–water partition coefficient (Wildman–Crippen LogP) is 2.36. The molecule has 0 radical (unpaired) electrons. The lowest BCUT2D eigenvalue weighted by Gasteiger charge is -2.17. The third kappa shape index (κ3) is 6.40. The number of hydrogen-bond acceptors (Lipinski definition) is 5. The molecule has 0 unspecified atom stereocenters. The van der Waals surface area contributed by atoms with Crippen molar-refractivity contribution >= 4 is 42.2 Å². The molecule has 1 heterocycles. The van der Waals surface area contributed by atoms with Crippen LogP contribution in [0.4, 0.5) is 11.5 Å². The van der Waals surface area contributed by atoms with Crippen LogP contribution in [-0.2, 0) is 0 Å². The second kappa shape index (κ2) is 10.8. The van der Waals surface area contributed by atoms with Crippen LogP contribution < -0.4 is 10.6 Å². The average Bonchev–Trinajstić information content (AvgIpc) is 2.53. The molecule has 0 aliphatic rings. The molecule has 6 nitrogen and oxygen atoms in total. The predicted molar refractivity (Wildman–Crippen MR) is 97.1 cm³/mol. The van der Waals surface area contributed by atoms with E-state index in [1.54, 1.807) is 36.6 Å². The first-order chi connectivity index (χ1) is 10.2. The molecular weight excluding hydrogens is 337 g/mol. The largest absolute Gasteiger partial charge is 0.340 e. The van der Waals surface area contributed by atoms with E-state index in [4.69, 9.17) is 0 Å². The number of nitrogens with one attached hydrogen (secondary N) is 2. The van der Waals surface area contributed by atoms with E-state index < -0.39 is 0 Å². The first kappa shape index (κ1) is 21.1. The van der Waals surface area contributed by atoms with Crippen molar-refractivity contribution in [3.63, 3.8) is 0 Å². The summed E-state index contributed by atoms with van der Waals surface area (Å²) in [4.78, 5) is 22.1. The average molecular weight is 358 g/mol.